The van der Waals surface area contributed by atoms with Gasteiger partial charge in [0.15, 0.2) is 0 Å². The highest BCUT2D eigenvalue weighted by Crippen LogP contribution is 2.32. The number of hydrogen-bond acceptors (Lipinski definition) is 4. The standard InChI is InChI=1S/C27H29F3N4O2/c1-4-10-22-21(5-2)32-26(33-22)34-23(19-13-9-14-20(15-19)27(28,29)30)16-25(35)31-24(17-36-3)18-11-7-6-8-12-18/h4-15,23-24H,2,16-17H2,1,3H3,(H,31,35)(H2,32,33,34)/b10-4-/t23?,24-/m0/s1. The summed E-state index contributed by atoms with van der Waals surface area (Å²) in [6.45, 7) is 5.84. The van der Waals surface area contributed by atoms with Crippen molar-refractivity contribution in [3.05, 3.63) is 95.3 Å². The van der Waals surface area contributed by atoms with Crippen molar-refractivity contribution in [2.24, 2.45) is 0 Å². The summed E-state index contributed by atoms with van der Waals surface area (Å²) < 4.78 is 45.5. The Kier molecular flexibility index (Phi) is 9.08. The van der Waals surface area contributed by atoms with Gasteiger partial charge < -0.3 is 20.4 Å². The van der Waals surface area contributed by atoms with Crippen LogP contribution < -0.4 is 10.6 Å². The Hall–Kier alpha value is -3.85. The van der Waals surface area contributed by atoms with E-state index in [1.807, 2.05) is 43.3 Å². The molecule has 190 valence electrons. The molecule has 0 aliphatic carbocycles. The number of hydrogen-bond donors (Lipinski definition) is 3. The summed E-state index contributed by atoms with van der Waals surface area (Å²) in [5.41, 5.74) is 1.62. The largest absolute Gasteiger partial charge is 0.416 e. The van der Waals surface area contributed by atoms with Crippen LogP contribution in [0.15, 0.2) is 67.3 Å². The number of benzene rings is 2. The highest BCUT2D eigenvalue weighted by molar-refractivity contribution is 5.78. The van der Waals surface area contributed by atoms with Gasteiger partial charge >= 0.3 is 6.18 Å². The quantitative estimate of drug-likeness (QED) is 0.296. The number of halogens is 3. The number of imidazole rings is 1. The molecule has 0 spiro atoms. The van der Waals surface area contributed by atoms with Crippen molar-refractivity contribution in [1.82, 2.24) is 15.3 Å². The van der Waals surface area contributed by atoms with Crippen LogP contribution in [-0.4, -0.2) is 29.6 Å². The predicted molar refractivity (Wildman–Crippen MR) is 135 cm³/mol. The molecule has 2 atom stereocenters. The Balaban J connectivity index is 1.90. The molecule has 36 heavy (non-hydrogen) atoms. The summed E-state index contributed by atoms with van der Waals surface area (Å²) in [6, 6.07) is 13.0. The first-order valence-electron chi connectivity index (χ1n) is 11.4. The van der Waals surface area contributed by atoms with Gasteiger partial charge in [0.05, 0.1) is 42.1 Å². The van der Waals surface area contributed by atoms with Gasteiger partial charge in [-0.15, -0.1) is 0 Å². The van der Waals surface area contributed by atoms with Gasteiger partial charge in [-0.2, -0.15) is 13.2 Å². The minimum atomic E-state index is -4.51. The van der Waals surface area contributed by atoms with Crippen LogP contribution in [0.25, 0.3) is 12.2 Å². The zero-order valence-electron chi connectivity index (χ0n) is 20.1. The van der Waals surface area contributed by atoms with E-state index in [1.54, 1.807) is 18.2 Å². The smallest absolute Gasteiger partial charge is 0.382 e. The number of nitrogens with zero attached hydrogens (tertiary/aromatic N) is 1. The first kappa shape index (κ1) is 26.7. The number of carbonyl (C=O) groups is 1. The molecule has 2 aromatic carbocycles. The number of aromatic nitrogens is 2. The van der Waals surface area contributed by atoms with Crippen molar-refractivity contribution in [1.29, 1.82) is 0 Å². The Morgan fingerprint density at radius 2 is 1.86 bits per heavy atom. The molecule has 0 saturated heterocycles. The number of carbonyl (C=O) groups excluding carboxylic acids is 1. The predicted octanol–water partition coefficient (Wildman–Crippen LogP) is 6.15. The fraction of sp³-hybridized carbons (Fsp3) is 0.259. The Morgan fingerprint density at radius 3 is 2.50 bits per heavy atom. The first-order valence-corrected chi connectivity index (χ1v) is 11.4. The first-order chi connectivity index (χ1) is 17.2. The van der Waals surface area contributed by atoms with E-state index < -0.39 is 23.8 Å². The van der Waals surface area contributed by atoms with Gasteiger partial charge in [-0.1, -0.05) is 55.1 Å². The van der Waals surface area contributed by atoms with Crippen molar-refractivity contribution in [3.8, 4) is 0 Å². The van der Waals surface area contributed by atoms with Crippen LogP contribution in [-0.2, 0) is 15.7 Å². The van der Waals surface area contributed by atoms with Gasteiger partial charge in [0, 0.05) is 7.11 Å². The van der Waals surface area contributed by atoms with Gasteiger partial charge in [0.2, 0.25) is 11.9 Å². The Labute approximate surface area is 208 Å². The number of H-pyrrole nitrogens is 1. The number of ether oxygens (including phenoxy) is 1. The van der Waals surface area contributed by atoms with Gasteiger partial charge in [-0.3, -0.25) is 4.79 Å². The van der Waals surface area contributed by atoms with E-state index in [1.165, 1.54) is 13.2 Å². The normalized spacial score (nSPS) is 13.4. The molecule has 0 radical (unpaired) electrons. The zero-order chi connectivity index (χ0) is 26.1. The van der Waals surface area contributed by atoms with Crippen LogP contribution in [0.1, 0.15) is 53.5 Å². The second kappa shape index (κ2) is 12.2. The average molecular weight is 499 g/mol. The number of aromatic amines is 1. The summed E-state index contributed by atoms with van der Waals surface area (Å²) >= 11 is 0. The van der Waals surface area contributed by atoms with Crippen molar-refractivity contribution < 1.29 is 22.7 Å². The highest BCUT2D eigenvalue weighted by atomic mass is 19.4. The van der Waals surface area contributed by atoms with Crippen LogP contribution in [0.2, 0.25) is 0 Å². The number of alkyl halides is 3. The lowest BCUT2D eigenvalue weighted by Crippen LogP contribution is -2.33. The summed E-state index contributed by atoms with van der Waals surface area (Å²) in [5.74, 6) is -0.0512. The van der Waals surface area contributed by atoms with Crippen LogP contribution in [0, 0.1) is 0 Å². The molecule has 0 aliphatic heterocycles. The van der Waals surface area contributed by atoms with E-state index >= 15 is 0 Å². The molecule has 0 aliphatic rings. The van der Waals surface area contributed by atoms with Gasteiger partial charge in [-0.25, -0.2) is 4.98 Å². The van der Waals surface area contributed by atoms with E-state index in [0.717, 1.165) is 17.7 Å². The van der Waals surface area contributed by atoms with Gasteiger partial charge in [0.1, 0.15) is 0 Å². The minimum Gasteiger partial charge on any atom is -0.382 e. The molecule has 3 N–H and O–H groups in total. The molecule has 3 aromatic rings. The third kappa shape index (κ3) is 7.08. The Bertz CT molecular complexity index is 1190. The second-order valence-electron chi connectivity index (χ2n) is 8.10. The Morgan fingerprint density at radius 1 is 1.14 bits per heavy atom. The van der Waals surface area contributed by atoms with E-state index in [-0.39, 0.29) is 18.9 Å². The zero-order valence-corrected chi connectivity index (χ0v) is 20.1. The molecule has 9 heteroatoms. The maximum Gasteiger partial charge on any atom is 0.416 e. The van der Waals surface area contributed by atoms with Crippen LogP contribution in [0.5, 0.6) is 0 Å². The van der Waals surface area contributed by atoms with Crippen LogP contribution in [0.4, 0.5) is 19.1 Å². The monoisotopic (exact) mass is 498 g/mol. The third-order valence-corrected chi connectivity index (χ3v) is 5.48. The molecule has 3 rings (SSSR count). The molecular formula is C27H29F3N4O2. The van der Waals surface area contributed by atoms with E-state index in [4.69, 9.17) is 4.74 Å². The number of allylic oxidation sites excluding steroid dienone is 1. The number of methoxy groups -OCH3 is 1. The molecule has 0 fully saturated rings. The minimum absolute atomic E-state index is 0.141. The second-order valence-corrected chi connectivity index (χ2v) is 8.10. The summed E-state index contributed by atoms with van der Waals surface area (Å²) in [5, 5.41) is 6.02. The fourth-order valence-corrected chi connectivity index (χ4v) is 3.77. The topological polar surface area (TPSA) is 79.0 Å². The van der Waals surface area contributed by atoms with Crippen molar-refractivity contribution in [2.75, 3.05) is 19.0 Å². The summed E-state index contributed by atoms with van der Waals surface area (Å²) in [7, 11) is 1.53. The molecule has 0 bridgehead atoms. The van der Waals surface area contributed by atoms with Crippen LogP contribution in [0.3, 0.4) is 0 Å². The van der Waals surface area contributed by atoms with Gasteiger partial charge in [0.25, 0.3) is 0 Å². The molecule has 1 amide bonds. The van der Waals surface area contributed by atoms with Crippen LogP contribution >= 0.6 is 0 Å². The summed E-state index contributed by atoms with van der Waals surface area (Å²) in [6.07, 6.45) is 0.524. The lowest BCUT2D eigenvalue weighted by atomic mass is 10.00. The molecule has 6 nitrogen and oxygen atoms in total. The molecular weight excluding hydrogens is 469 g/mol. The average Bonchev–Trinajstić information content (AvgIpc) is 3.25. The maximum atomic E-state index is 13.4. The lowest BCUT2D eigenvalue weighted by molar-refractivity contribution is -0.137. The number of rotatable bonds is 11. The van der Waals surface area contributed by atoms with E-state index in [9.17, 15) is 18.0 Å². The molecule has 1 unspecified atom stereocenters. The molecule has 1 heterocycles. The van der Waals surface area contributed by atoms with Gasteiger partial charge in [-0.05, 0) is 42.3 Å². The SMILES string of the molecule is C=Cc1[nH]c(NC(CC(=O)N[C@@H](COC)c2ccccc2)c2cccc(C(F)(F)F)c2)nc1/C=C\C. The molecule has 1 aromatic heterocycles. The highest BCUT2D eigenvalue weighted by Gasteiger charge is 2.31. The van der Waals surface area contributed by atoms with E-state index in [2.05, 4.69) is 27.2 Å². The number of anilines is 1. The van der Waals surface area contributed by atoms with Crippen molar-refractivity contribution >= 4 is 24.0 Å². The maximum absolute atomic E-state index is 13.4. The van der Waals surface area contributed by atoms with Crippen molar-refractivity contribution in [2.45, 2.75) is 31.6 Å². The van der Waals surface area contributed by atoms with Crippen molar-refractivity contribution in [3.63, 3.8) is 0 Å². The molecule has 0 saturated carbocycles. The fourth-order valence-electron chi connectivity index (χ4n) is 3.77. The van der Waals surface area contributed by atoms with E-state index in [0.29, 0.717) is 22.9 Å². The third-order valence-electron chi connectivity index (χ3n) is 5.48. The number of nitrogens with one attached hydrogen (secondary N) is 3. The summed E-state index contributed by atoms with van der Waals surface area (Å²) in [4.78, 5) is 20.6. The lowest BCUT2D eigenvalue weighted by Gasteiger charge is -2.23. The number of amides is 1.